The Bertz CT molecular complexity index is 2380. The van der Waals surface area contributed by atoms with E-state index in [1.54, 1.807) is 30.4 Å². The van der Waals surface area contributed by atoms with Crippen molar-refractivity contribution in [3.63, 3.8) is 0 Å². The largest absolute Gasteiger partial charge is 0.486 e. The molecule has 0 saturated carbocycles. The zero-order valence-electron chi connectivity index (χ0n) is 42.2. The van der Waals surface area contributed by atoms with Gasteiger partial charge in [0.15, 0.2) is 57.8 Å². The van der Waals surface area contributed by atoms with E-state index in [-0.39, 0.29) is 89.6 Å². The van der Waals surface area contributed by atoms with Crippen molar-refractivity contribution in [1.29, 1.82) is 0 Å². The van der Waals surface area contributed by atoms with Crippen LogP contribution in [0.2, 0.25) is 0 Å². The second-order valence-electron chi connectivity index (χ2n) is 15.1. The molecule has 5 rings (SSSR count). The summed E-state index contributed by atoms with van der Waals surface area (Å²) in [6, 6.07) is 14.6. The van der Waals surface area contributed by atoms with Crippen LogP contribution in [0.25, 0.3) is 0 Å². The molecule has 0 aliphatic rings. The van der Waals surface area contributed by atoms with E-state index in [9.17, 15) is 43.9 Å². The first-order valence-electron chi connectivity index (χ1n) is 22.9. The van der Waals surface area contributed by atoms with Crippen LogP contribution < -0.4 is 23.7 Å². The average Bonchev–Trinajstić information content (AvgIpc) is 3.37. The molecule has 0 unspecified atom stereocenters. The van der Waals surface area contributed by atoms with Crippen LogP contribution in [-0.4, -0.2) is 33.0 Å². The molecule has 0 aliphatic carbocycles. The Morgan fingerprint density at radius 2 is 0.528 bits per heavy atom. The molecular formula is C57H64F10O5. The molecule has 0 spiro atoms. The zero-order chi connectivity index (χ0) is 54.2. The van der Waals surface area contributed by atoms with E-state index in [1.807, 2.05) is 45.9 Å². The van der Waals surface area contributed by atoms with Gasteiger partial charge in [-0.05, 0) is 119 Å². The highest BCUT2D eigenvalue weighted by atomic mass is 19.2. The minimum Gasteiger partial charge on any atom is -0.486 e. The number of hydrogen-bond acceptors (Lipinski definition) is 5. The molecule has 0 amide bonds. The van der Waals surface area contributed by atoms with Gasteiger partial charge in [0.25, 0.3) is 0 Å². The van der Waals surface area contributed by atoms with Gasteiger partial charge in [0.05, 0.1) is 0 Å². The summed E-state index contributed by atoms with van der Waals surface area (Å²) in [7, 11) is 0. The number of halogens is 10. The number of allylic oxidation sites excluding steroid dienone is 4. The van der Waals surface area contributed by atoms with Gasteiger partial charge in [0.1, 0.15) is 33.0 Å². The lowest BCUT2D eigenvalue weighted by molar-refractivity contribution is 0.331. The van der Waals surface area contributed by atoms with Crippen LogP contribution in [0.3, 0.4) is 0 Å². The molecule has 0 radical (unpaired) electrons. The maximum absolute atomic E-state index is 13.2. The van der Waals surface area contributed by atoms with Crippen LogP contribution in [0.1, 0.15) is 74.8 Å². The summed E-state index contributed by atoms with van der Waals surface area (Å²) >= 11 is 0. The van der Waals surface area contributed by atoms with E-state index in [4.69, 9.17) is 23.7 Å². The molecular weight excluding hydrogens is 955 g/mol. The smallest absolute Gasteiger partial charge is 0.200 e. The van der Waals surface area contributed by atoms with Gasteiger partial charge in [-0.1, -0.05) is 112 Å². The summed E-state index contributed by atoms with van der Waals surface area (Å²) in [4.78, 5) is 0. The molecule has 5 aromatic carbocycles. The minimum absolute atomic E-state index is 0.0427. The molecule has 0 fully saturated rings. The van der Waals surface area contributed by atoms with Crippen molar-refractivity contribution >= 4 is 0 Å². The van der Waals surface area contributed by atoms with Crippen molar-refractivity contribution in [3.05, 3.63) is 208 Å². The molecule has 0 aromatic heterocycles. The summed E-state index contributed by atoms with van der Waals surface area (Å²) in [6.07, 6.45) is 18.7. The highest BCUT2D eigenvalue weighted by Crippen LogP contribution is 2.26. The van der Waals surface area contributed by atoms with Gasteiger partial charge in [-0.2, -0.15) is 22.0 Å². The SMILES string of the molecule is C/C=C\COc1ccc(C)c(F)c1F.C=CCOc1ccc(C)c(F)c1F.CC/C=C\COc1ccc(C)c(F)c1F.CC/C=C\COc1ccc(C)c(F)c1F.CC/C=C\COc1ccc(C)c(F)c1F. The van der Waals surface area contributed by atoms with Gasteiger partial charge >= 0.3 is 0 Å². The number of hydrogen-bond donors (Lipinski definition) is 0. The Labute approximate surface area is 417 Å². The molecule has 0 heterocycles. The predicted molar refractivity (Wildman–Crippen MR) is 266 cm³/mol. The van der Waals surface area contributed by atoms with Crippen molar-refractivity contribution in [3.8, 4) is 28.7 Å². The molecule has 5 aromatic rings. The van der Waals surface area contributed by atoms with Crippen molar-refractivity contribution in [2.45, 2.75) is 81.6 Å². The van der Waals surface area contributed by atoms with E-state index in [1.165, 1.54) is 101 Å². The Morgan fingerprint density at radius 3 is 0.722 bits per heavy atom. The summed E-state index contributed by atoms with van der Waals surface area (Å²) in [6.45, 7) is 19.9. The molecule has 5 nitrogen and oxygen atoms in total. The molecule has 72 heavy (non-hydrogen) atoms. The Kier molecular flexibility index (Phi) is 30.9. The van der Waals surface area contributed by atoms with Gasteiger partial charge in [-0.25, -0.2) is 22.0 Å². The first-order chi connectivity index (χ1) is 34.3. The number of aryl methyl sites for hydroxylation is 5. The third-order valence-corrected chi connectivity index (χ3v) is 9.34. The standard InChI is InChI=1S/3C12H14F2O.C11H12F2O.C10H10F2O/c3*1-3-4-5-8-15-10-7-6-9(2)11(13)12(10)14;1-3-4-7-14-9-6-5-8(2)10(12)11(9)13;1-3-6-13-8-5-4-7(2)9(11)10(8)12/h3*4-7H,3,8H2,1-2H3;3-6H,7H2,1-2H3;3-5H,1,6H2,2H3/b3*5-4-;4-3-;. The topological polar surface area (TPSA) is 46.2 Å². The summed E-state index contributed by atoms with van der Waals surface area (Å²) in [5.41, 5.74) is 1.39. The van der Waals surface area contributed by atoms with Gasteiger partial charge in [0.2, 0.25) is 29.1 Å². The first-order valence-corrected chi connectivity index (χ1v) is 22.9. The highest BCUT2D eigenvalue weighted by Gasteiger charge is 2.15. The van der Waals surface area contributed by atoms with Gasteiger partial charge in [-0.3, -0.25) is 0 Å². The zero-order valence-corrected chi connectivity index (χ0v) is 42.2. The van der Waals surface area contributed by atoms with Crippen LogP contribution in [0.15, 0.2) is 122 Å². The van der Waals surface area contributed by atoms with Crippen LogP contribution in [-0.2, 0) is 0 Å². The number of benzene rings is 5. The fourth-order valence-corrected chi connectivity index (χ4v) is 5.20. The molecule has 0 atom stereocenters. The Morgan fingerprint density at radius 1 is 0.319 bits per heavy atom. The van der Waals surface area contributed by atoms with E-state index in [0.717, 1.165) is 19.3 Å². The van der Waals surface area contributed by atoms with Gasteiger partial charge in [-0.15, -0.1) is 0 Å². The van der Waals surface area contributed by atoms with E-state index in [2.05, 4.69) is 6.58 Å². The lowest BCUT2D eigenvalue weighted by Gasteiger charge is -2.06. The van der Waals surface area contributed by atoms with Crippen LogP contribution >= 0.6 is 0 Å². The summed E-state index contributed by atoms with van der Waals surface area (Å²) in [5, 5.41) is 0. The monoisotopic (exact) mass is 1020 g/mol. The average molecular weight is 1020 g/mol. The van der Waals surface area contributed by atoms with Crippen LogP contribution in [0.5, 0.6) is 28.7 Å². The minimum atomic E-state index is -0.943. The van der Waals surface area contributed by atoms with Crippen molar-refractivity contribution in [2.75, 3.05) is 33.0 Å². The highest BCUT2D eigenvalue weighted by molar-refractivity contribution is 5.33. The third kappa shape index (κ3) is 22.0. The summed E-state index contributed by atoms with van der Waals surface area (Å²) < 4.78 is 156. The van der Waals surface area contributed by atoms with E-state index in [0.29, 0.717) is 0 Å². The number of rotatable bonds is 18. The van der Waals surface area contributed by atoms with Gasteiger partial charge in [0, 0.05) is 0 Å². The predicted octanol–water partition coefficient (Wildman–Crippen LogP) is 16.9. The molecule has 0 saturated heterocycles. The third-order valence-electron chi connectivity index (χ3n) is 9.34. The molecule has 0 aliphatic heterocycles. The Balaban J connectivity index is 0.000000450. The molecule has 0 bridgehead atoms. The lowest BCUT2D eigenvalue weighted by atomic mass is 10.2. The quantitative estimate of drug-likeness (QED) is 0.0646. The van der Waals surface area contributed by atoms with E-state index < -0.39 is 58.2 Å². The van der Waals surface area contributed by atoms with Crippen molar-refractivity contribution < 1.29 is 67.6 Å². The fraction of sp³-hybridized carbons (Fsp3) is 0.298. The normalized spacial score (nSPS) is 10.7. The second-order valence-corrected chi connectivity index (χ2v) is 15.1. The molecule has 0 N–H and O–H groups in total. The maximum Gasteiger partial charge on any atom is 0.200 e. The van der Waals surface area contributed by atoms with Crippen LogP contribution in [0.4, 0.5) is 43.9 Å². The molecule has 392 valence electrons. The molecule has 15 heteroatoms. The van der Waals surface area contributed by atoms with Crippen molar-refractivity contribution in [1.82, 2.24) is 0 Å². The van der Waals surface area contributed by atoms with E-state index >= 15 is 0 Å². The second kappa shape index (κ2) is 35.2. The van der Waals surface area contributed by atoms with Crippen LogP contribution in [0, 0.1) is 92.8 Å². The van der Waals surface area contributed by atoms with Gasteiger partial charge < -0.3 is 23.7 Å². The maximum atomic E-state index is 13.2. The Hall–Kier alpha value is -6.90. The fourth-order valence-electron chi connectivity index (χ4n) is 5.20. The first kappa shape index (κ1) is 63.1. The van der Waals surface area contributed by atoms with Crippen molar-refractivity contribution in [2.24, 2.45) is 0 Å². The summed E-state index contributed by atoms with van der Waals surface area (Å²) in [5.74, 6) is -9.10. The number of ether oxygens (including phenoxy) is 5. The lowest BCUT2D eigenvalue weighted by Crippen LogP contribution is -1.99.